The maximum Gasteiger partial charge on any atom is 0.338 e. The van der Waals surface area contributed by atoms with Crippen molar-refractivity contribution < 1.29 is 14.3 Å². The summed E-state index contributed by atoms with van der Waals surface area (Å²) in [5.41, 5.74) is 1.39. The molecule has 0 aliphatic heterocycles. The van der Waals surface area contributed by atoms with Crippen LogP contribution in [-0.2, 0) is 16.0 Å². The van der Waals surface area contributed by atoms with Crippen LogP contribution in [0.2, 0.25) is 5.02 Å². The molecule has 5 nitrogen and oxygen atoms in total. The van der Waals surface area contributed by atoms with Crippen molar-refractivity contribution in [1.82, 2.24) is 10.3 Å². The number of carbonyl (C=O) groups is 2. The molecule has 114 valence electrons. The van der Waals surface area contributed by atoms with E-state index in [0.717, 1.165) is 5.56 Å². The van der Waals surface area contributed by atoms with Gasteiger partial charge in [-0.3, -0.25) is 9.78 Å². The van der Waals surface area contributed by atoms with Gasteiger partial charge >= 0.3 is 5.97 Å². The first-order valence-electron chi connectivity index (χ1n) is 6.73. The van der Waals surface area contributed by atoms with Crippen molar-refractivity contribution in [2.75, 3.05) is 13.2 Å². The summed E-state index contributed by atoms with van der Waals surface area (Å²) in [6, 6.07) is 10.5. The van der Waals surface area contributed by atoms with E-state index in [1.54, 1.807) is 6.07 Å². The minimum Gasteiger partial charge on any atom is -0.452 e. The minimum absolute atomic E-state index is 0.309. The second kappa shape index (κ2) is 8.14. The highest BCUT2D eigenvalue weighted by Crippen LogP contribution is 2.10. The average molecular weight is 319 g/mol. The average Bonchev–Trinajstić information content (AvgIpc) is 2.53. The summed E-state index contributed by atoms with van der Waals surface area (Å²) in [6.45, 7) is 0.142. The third-order valence-electron chi connectivity index (χ3n) is 2.88. The second-order valence-electron chi connectivity index (χ2n) is 4.54. The SMILES string of the molecule is O=C(COC(=O)c1ccncc1)NCCc1cccc(Cl)c1. The van der Waals surface area contributed by atoms with Crippen LogP contribution in [0.1, 0.15) is 15.9 Å². The number of benzene rings is 1. The lowest BCUT2D eigenvalue weighted by atomic mass is 10.1. The van der Waals surface area contributed by atoms with E-state index in [0.29, 0.717) is 23.6 Å². The Hall–Kier alpha value is -2.40. The Kier molecular flexibility index (Phi) is 5.91. The van der Waals surface area contributed by atoms with Crippen LogP contribution < -0.4 is 5.32 Å². The number of halogens is 1. The van der Waals surface area contributed by atoms with Crippen LogP contribution in [-0.4, -0.2) is 30.0 Å². The molecule has 2 rings (SSSR count). The van der Waals surface area contributed by atoms with Gasteiger partial charge in [0.2, 0.25) is 0 Å². The molecule has 0 fully saturated rings. The topological polar surface area (TPSA) is 68.3 Å². The lowest BCUT2D eigenvalue weighted by Crippen LogP contribution is -2.30. The van der Waals surface area contributed by atoms with Crippen LogP contribution in [0.3, 0.4) is 0 Å². The number of hydrogen-bond acceptors (Lipinski definition) is 4. The Bertz CT molecular complexity index is 647. The number of carbonyl (C=O) groups excluding carboxylic acids is 2. The molecule has 1 aromatic heterocycles. The first kappa shape index (κ1) is 16.0. The highest BCUT2D eigenvalue weighted by molar-refractivity contribution is 6.30. The molecule has 1 heterocycles. The Morgan fingerprint density at radius 2 is 1.95 bits per heavy atom. The van der Waals surface area contributed by atoms with Crippen LogP contribution in [0.15, 0.2) is 48.8 Å². The molecule has 0 saturated carbocycles. The van der Waals surface area contributed by atoms with Crippen molar-refractivity contribution >= 4 is 23.5 Å². The van der Waals surface area contributed by atoms with Gasteiger partial charge in [0.25, 0.3) is 5.91 Å². The Morgan fingerprint density at radius 1 is 1.18 bits per heavy atom. The van der Waals surface area contributed by atoms with E-state index in [4.69, 9.17) is 16.3 Å². The number of amides is 1. The predicted octanol–water partition coefficient (Wildman–Crippen LogP) is 2.25. The maximum atomic E-state index is 11.6. The number of esters is 1. The zero-order valence-corrected chi connectivity index (χ0v) is 12.5. The van der Waals surface area contributed by atoms with Crippen molar-refractivity contribution in [2.45, 2.75) is 6.42 Å². The largest absolute Gasteiger partial charge is 0.452 e. The van der Waals surface area contributed by atoms with E-state index in [-0.39, 0.29) is 12.5 Å². The number of aromatic nitrogens is 1. The lowest BCUT2D eigenvalue weighted by molar-refractivity contribution is -0.124. The molecule has 0 atom stereocenters. The molecule has 0 bridgehead atoms. The van der Waals surface area contributed by atoms with E-state index >= 15 is 0 Å². The van der Waals surface area contributed by atoms with Gasteiger partial charge in [0.1, 0.15) is 0 Å². The van der Waals surface area contributed by atoms with Gasteiger partial charge in [-0.15, -0.1) is 0 Å². The molecule has 6 heteroatoms. The van der Waals surface area contributed by atoms with Gasteiger partial charge in [0.05, 0.1) is 5.56 Å². The van der Waals surface area contributed by atoms with Gasteiger partial charge < -0.3 is 10.1 Å². The first-order valence-corrected chi connectivity index (χ1v) is 7.11. The zero-order valence-electron chi connectivity index (χ0n) is 11.8. The molecule has 1 N–H and O–H groups in total. The fourth-order valence-electron chi connectivity index (χ4n) is 1.79. The molecule has 0 saturated heterocycles. The van der Waals surface area contributed by atoms with Crippen molar-refractivity contribution in [2.24, 2.45) is 0 Å². The summed E-state index contributed by atoms with van der Waals surface area (Å²) < 4.78 is 4.91. The molecule has 0 spiro atoms. The molecule has 22 heavy (non-hydrogen) atoms. The summed E-state index contributed by atoms with van der Waals surface area (Å²) in [4.78, 5) is 27.0. The fraction of sp³-hybridized carbons (Fsp3) is 0.188. The predicted molar refractivity (Wildman–Crippen MR) is 82.7 cm³/mol. The van der Waals surface area contributed by atoms with E-state index in [1.165, 1.54) is 24.5 Å². The zero-order chi connectivity index (χ0) is 15.8. The van der Waals surface area contributed by atoms with Crippen molar-refractivity contribution in [3.63, 3.8) is 0 Å². The molecule has 1 aromatic carbocycles. The van der Waals surface area contributed by atoms with Crippen LogP contribution in [0.4, 0.5) is 0 Å². The molecule has 0 aliphatic carbocycles. The summed E-state index contributed by atoms with van der Waals surface area (Å²) in [6.07, 6.45) is 3.63. The highest BCUT2D eigenvalue weighted by atomic mass is 35.5. The van der Waals surface area contributed by atoms with Gasteiger partial charge in [-0.05, 0) is 36.2 Å². The number of hydrogen-bond donors (Lipinski definition) is 1. The molecule has 1 amide bonds. The lowest BCUT2D eigenvalue weighted by Gasteiger charge is -2.07. The van der Waals surface area contributed by atoms with Crippen LogP contribution >= 0.6 is 11.6 Å². The third-order valence-corrected chi connectivity index (χ3v) is 3.11. The highest BCUT2D eigenvalue weighted by Gasteiger charge is 2.09. The summed E-state index contributed by atoms with van der Waals surface area (Å²) in [5, 5.41) is 3.35. The number of ether oxygens (including phenoxy) is 1. The van der Waals surface area contributed by atoms with E-state index < -0.39 is 5.97 Å². The molecule has 0 unspecified atom stereocenters. The maximum absolute atomic E-state index is 11.6. The molecular formula is C16H15ClN2O3. The molecule has 2 aromatic rings. The van der Waals surface area contributed by atoms with Gasteiger partial charge in [-0.2, -0.15) is 0 Å². The number of rotatable bonds is 6. The normalized spacial score (nSPS) is 10.0. The minimum atomic E-state index is -0.549. The van der Waals surface area contributed by atoms with E-state index in [1.807, 2.05) is 18.2 Å². The van der Waals surface area contributed by atoms with Crippen molar-refractivity contribution in [3.8, 4) is 0 Å². The van der Waals surface area contributed by atoms with Gasteiger partial charge in [0.15, 0.2) is 6.61 Å². The smallest absolute Gasteiger partial charge is 0.338 e. The summed E-state index contributed by atoms with van der Waals surface area (Å²) in [5.74, 6) is -0.892. The number of nitrogens with one attached hydrogen (secondary N) is 1. The standard InChI is InChI=1S/C16H15ClN2O3/c17-14-3-1-2-12(10-14)4-9-19-15(20)11-22-16(21)13-5-7-18-8-6-13/h1-3,5-8,10H,4,9,11H2,(H,19,20). The first-order chi connectivity index (χ1) is 10.6. The van der Waals surface area contributed by atoms with E-state index in [9.17, 15) is 9.59 Å². The van der Waals surface area contributed by atoms with E-state index in [2.05, 4.69) is 10.3 Å². The van der Waals surface area contributed by atoms with Crippen LogP contribution in [0.25, 0.3) is 0 Å². The Morgan fingerprint density at radius 3 is 2.68 bits per heavy atom. The monoisotopic (exact) mass is 318 g/mol. The van der Waals surface area contributed by atoms with Crippen molar-refractivity contribution in [1.29, 1.82) is 0 Å². The Balaban J connectivity index is 1.69. The summed E-state index contributed by atoms with van der Waals surface area (Å²) >= 11 is 5.88. The Labute approximate surface area is 133 Å². The third kappa shape index (κ3) is 5.18. The summed E-state index contributed by atoms with van der Waals surface area (Å²) in [7, 11) is 0. The quantitative estimate of drug-likeness (QED) is 0.829. The second-order valence-corrected chi connectivity index (χ2v) is 4.98. The number of nitrogens with zero attached hydrogens (tertiary/aromatic N) is 1. The van der Waals surface area contributed by atoms with Crippen LogP contribution in [0.5, 0.6) is 0 Å². The van der Waals surface area contributed by atoms with Gasteiger partial charge in [-0.1, -0.05) is 23.7 Å². The molecule has 0 aliphatic rings. The van der Waals surface area contributed by atoms with Crippen LogP contribution in [0, 0.1) is 0 Å². The molecular weight excluding hydrogens is 304 g/mol. The van der Waals surface area contributed by atoms with Gasteiger partial charge in [-0.25, -0.2) is 4.79 Å². The molecule has 0 radical (unpaired) electrons. The fourth-order valence-corrected chi connectivity index (χ4v) is 2.01. The number of pyridine rings is 1. The van der Waals surface area contributed by atoms with Crippen molar-refractivity contribution in [3.05, 3.63) is 64.9 Å². The van der Waals surface area contributed by atoms with Gasteiger partial charge in [0, 0.05) is 24.0 Å².